The molecule has 0 unspecified atom stereocenters. The Hall–Kier alpha value is -1.83. The Balaban J connectivity index is 1.61. The van der Waals surface area contributed by atoms with Gasteiger partial charge in [0.25, 0.3) is 0 Å². The third-order valence-electron chi connectivity index (χ3n) is 4.54. The van der Waals surface area contributed by atoms with Crippen LogP contribution >= 0.6 is 0 Å². The van der Waals surface area contributed by atoms with E-state index in [4.69, 9.17) is 0 Å². The van der Waals surface area contributed by atoms with E-state index in [0.717, 1.165) is 25.7 Å². The van der Waals surface area contributed by atoms with Gasteiger partial charge in [-0.2, -0.15) is 5.10 Å². The highest BCUT2D eigenvalue weighted by atomic mass is 32.2. The van der Waals surface area contributed by atoms with Gasteiger partial charge in [-0.05, 0) is 12.8 Å². The average molecular weight is 338 g/mol. The first-order valence-corrected chi connectivity index (χ1v) is 9.92. The number of urea groups is 1. The summed E-state index contributed by atoms with van der Waals surface area (Å²) in [7, 11) is -3.03. The van der Waals surface area contributed by atoms with Gasteiger partial charge in [0.15, 0.2) is 5.82 Å². The van der Waals surface area contributed by atoms with Gasteiger partial charge in [0.05, 0.1) is 17.8 Å². The summed E-state index contributed by atoms with van der Waals surface area (Å²) in [5.41, 5.74) is -0.122. The van der Waals surface area contributed by atoms with Crippen molar-refractivity contribution in [2.45, 2.75) is 37.8 Å². The maximum atomic E-state index is 12.5. The van der Waals surface area contributed by atoms with Crippen LogP contribution in [0.25, 0.3) is 0 Å². The van der Waals surface area contributed by atoms with Crippen LogP contribution in [0.5, 0.6) is 0 Å². The molecule has 1 saturated carbocycles. The fourth-order valence-electron chi connectivity index (χ4n) is 3.35. The summed E-state index contributed by atoms with van der Waals surface area (Å²) in [5.74, 6) is 0.477. The highest BCUT2D eigenvalue weighted by molar-refractivity contribution is 7.90. The zero-order valence-electron chi connectivity index (χ0n) is 13.2. The smallest absolute Gasteiger partial charge is 0.312 e. The zero-order valence-corrected chi connectivity index (χ0v) is 14.1. The Morgan fingerprint density at radius 2 is 2.13 bits per heavy atom. The first-order chi connectivity index (χ1) is 10.9. The molecule has 2 aliphatic rings. The lowest BCUT2D eigenvalue weighted by atomic mass is 9.98. The highest BCUT2D eigenvalue weighted by Gasteiger charge is 2.42. The number of carbonyl (C=O) groups excluding carboxylic acids is 1. The maximum Gasteiger partial charge on any atom is 0.324 e. The van der Waals surface area contributed by atoms with Gasteiger partial charge in [0.1, 0.15) is 9.84 Å². The van der Waals surface area contributed by atoms with Crippen LogP contribution in [-0.4, -0.2) is 53.2 Å². The molecule has 0 atom stereocenters. The van der Waals surface area contributed by atoms with Crippen molar-refractivity contribution in [2.75, 3.05) is 23.9 Å². The van der Waals surface area contributed by atoms with E-state index in [2.05, 4.69) is 22.6 Å². The summed E-state index contributed by atoms with van der Waals surface area (Å²) in [6.07, 6.45) is 11.4. The van der Waals surface area contributed by atoms with Crippen LogP contribution in [0.1, 0.15) is 25.7 Å². The minimum absolute atomic E-state index is 0.0290. The van der Waals surface area contributed by atoms with Crippen LogP contribution in [0, 0.1) is 0 Å². The fraction of sp³-hybridized carbons (Fsp3) is 0.600. The van der Waals surface area contributed by atoms with Gasteiger partial charge in [-0.25, -0.2) is 13.2 Å². The number of hydrogen-bond donors (Lipinski definition) is 1. The lowest BCUT2D eigenvalue weighted by molar-refractivity contribution is 0.175. The predicted molar refractivity (Wildman–Crippen MR) is 88.0 cm³/mol. The first kappa shape index (κ1) is 16.0. The van der Waals surface area contributed by atoms with Crippen molar-refractivity contribution in [1.82, 2.24) is 14.7 Å². The van der Waals surface area contributed by atoms with Gasteiger partial charge in [-0.3, -0.25) is 10.00 Å². The molecule has 7 nitrogen and oxygen atoms in total. The summed E-state index contributed by atoms with van der Waals surface area (Å²) in [4.78, 5) is 14.4. The molecule has 0 bridgehead atoms. The fourth-order valence-corrected chi connectivity index (χ4v) is 3.87. The third kappa shape index (κ3) is 3.57. The van der Waals surface area contributed by atoms with E-state index in [1.54, 1.807) is 12.3 Å². The molecule has 0 radical (unpaired) electrons. The van der Waals surface area contributed by atoms with Crippen molar-refractivity contribution in [2.24, 2.45) is 0 Å². The standard InChI is InChI=1S/C15H22N4O3S/c1-23(21,22)12-11-18-10-5-13(17-18)16-14(20)19-9-4-8-15(19)6-2-3-7-15/h4-5,8,10H,2-3,6-7,9,11-12H2,1H3,(H,16,17,20). The molecule has 1 spiro atoms. The van der Waals surface area contributed by atoms with Crippen molar-refractivity contribution in [3.63, 3.8) is 0 Å². The summed E-state index contributed by atoms with van der Waals surface area (Å²) in [6.45, 7) is 0.907. The van der Waals surface area contributed by atoms with E-state index in [1.807, 2.05) is 4.90 Å². The lowest BCUT2D eigenvalue weighted by Gasteiger charge is -2.34. The molecular formula is C15H22N4O3S. The second kappa shape index (κ2) is 5.99. The molecular weight excluding hydrogens is 316 g/mol. The van der Waals surface area contributed by atoms with E-state index < -0.39 is 9.84 Å². The van der Waals surface area contributed by atoms with Gasteiger partial charge in [-0.1, -0.05) is 25.0 Å². The van der Waals surface area contributed by atoms with Crippen LogP contribution < -0.4 is 5.32 Å². The van der Waals surface area contributed by atoms with Crippen molar-refractivity contribution >= 4 is 21.7 Å². The Labute approximate surface area is 136 Å². The minimum atomic E-state index is -3.03. The molecule has 126 valence electrons. The summed E-state index contributed by atoms with van der Waals surface area (Å²) in [6, 6.07) is 1.54. The first-order valence-electron chi connectivity index (χ1n) is 7.86. The lowest BCUT2D eigenvalue weighted by Crippen LogP contribution is -2.47. The molecule has 23 heavy (non-hydrogen) atoms. The number of sulfone groups is 1. The highest BCUT2D eigenvalue weighted by Crippen LogP contribution is 2.39. The molecule has 0 saturated heterocycles. The molecule has 1 aliphatic heterocycles. The van der Waals surface area contributed by atoms with E-state index in [9.17, 15) is 13.2 Å². The monoisotopic (exact) mass is 338 g/mol. The molecule has 1 fully saturated rings. The molecule has 3 rings (SSSR count). The Bertz CT molecular complexity index is 717. The zero-order chi connectivity index (χ0) is 16.5. The predicted octanol–water partition coefficient (Wildman–Crippen LogP) is 1.64. The average Bonchev–Trinajstić information content (AvgIpc) is 3.19. The molecule has 1 aromatic rings. The summed E-state index contributed by atoms with van der Waals surface area (Å²) < 4.78 is 23.9. The molecule has 1 N–H and O–H groups in total. The van der Waals surface area contributed by atoms with Crippen LogP contribution in [0.4, 0.5) is 10.6 Å². The van der Waals surface area contributed by atoms with Crippen LogP contribution in [-0.2, 0) is 16.4 Å². The number of anilines is 1. The van der Waals surface area contributed by atoms with Gasteiger partial charge < -0.3 is 4.90 Å². The normalized spacial score (nSPS) is 19.6. The van der Waals surface area contributed by atoms with E-state index >= 15 is 0 Å². The Kier molecular flexibility index (Phi) is 4.18. The maximum absolute atomic E-state index is 12.5. The van der Waals surface area contributed by atoms with E-state index in [-0.39, 0.29) is 23.9 Å². The van der Waals surface area contributed by atoms with E-state index in [1.165, 1.54) is 10.9 Å². The Morgan fingerprint density at radius 1 is 1.39 bits per heavy atom. The largest absolute Gasteiger partial charge is 0.324 e. The van der Waals surface area contributed by atoms with Crippen LogP contribution in [0.2, 0.25) is 0 Å². The van der Waals surface area contributed by atoms with Crippen LogP contribution in [0.3, 0.4) is 0 Å². The SMILES string of the molecule is CS(=O)(=O)CCn1ccc(NC(=O)N2CC=CC23CCCC3)n1. The molecule has 2 amide bonds. The van der Waals surface area contributed by atoms with Gasteiger partial charge in [-0.15, -0.1) is 0 Å². The molecule has 1 aliphatic carbocycles. The molecule has 0 aromatic carbocycles. The van der Waals surface area contributed by atoms with Crippen molar-refractivity contribution < 1.29 is 13.2 Å². The quantitative estimate of drug-likeness (QED) is 0.846. The van der Waals surface area contributed by atoms with Gasteiger partial charge in [0.2, 0.25) is 0 Å². The number of rotatable bonds is 4. The number of aryl methyl sites for hydroxylation is 1. The number of hydrogen-bond acceptors (Lipinski definition) is 4. The van der Waals surface area contributed by atoms with Crippen molar-refractivity contribution in [3.05, 3.63) is 24.4 Å². The topological polar surface area (TPSA) is 84.3 Å². The molecule has 8 heteroatoms. The Morgan fingerprint density at radius 3 is 2.83 bits per heavy atom. The molecule has 1 aromatic heterocycles. The number of nitrogens with zero attached hydrogens (tertiary/aromatic N) is 3. The summed E-state index contributed by atoms with van der Waals surface area (Å²) >= 11 is 0. The number of aromatic nitrogens is 2. The van der Waals surface area contributed by atoms with E-state index in [0.29, 0.717) is 12.4 Å². The van der Waals surface area contributed by atoms with Crippen molar-refractivity contribution in [1.29, 1.82) is 0 Å². The molecule has 2 heterocycles. The second-order valence-corrected chi connectivity index (χ2v) is 8.61. The number of nitrogens with one attached hydrogen (secondary N) is 1. The number of carbonyl (C=O) groups is 1. The number of amides is 2. The second-order valence-electron chi connectivity index (χ2n) is 6.35. The van der Waals surface area contributed by atoms with Gasteiger partial charge in [0, 0.05) is 25.1 Å². The summed E-state index contributed by atoms with van der Waals surface area (Å²) in [5, 5.41) is 7.03. The van der Waals surface area contributed by atoms with Gasteiger partial charge >= 0.3 is 6.03 Å². The third-order valence-corrected chi connectivity index (χ3v) is 5.46. The minimum Gasteiger partial charge on any atom is -0.312 e. The van der Waals surface area contributed by atoms with Crippen LogP contribution in [0.15, 0.2) is 24.4 Å². The van der Waals surface area contributed by atoms with Crippen molar-refractivity contribution in [3.8, 4) is 0 Å².